The minimum atomic E-state index is -4.19. The third-order valence-corrected chi connectivity index (χ3v) is 3.18. The third kappa shape index (κ3) is 2.05. The van der Waals surface area contributed by atoms with Crippen LogP contribution in [-0.4, -0.2) is 16.4 Å². The normalized spacial score (nSPS) is 25.1. The summed E-state index contributed by atoms with van der Waals surface area (Å²) in [7, 11) is 0. The molecule has 96 valence electrons. The van der Waals surface area contributed by atoms with Gasteiger partial charge in [-0.2, -0.15) is 8.78 Å². The van der Waals surface area contributed by atoms with E-state index < -0.39 is 18.2 Å². The summed E-state index contributed by atoms with van der Waals surface area (Å²) < 4.78 is 50.7. The van der Waals surface area contributed by atoms with Crippen molar-refractivity contribution < 1.29 is 17.6 Å². The smallest absolute Gasteiger partial charge is 0.340 e. The standard InChI is InChI=1S/C11H14F4N2/c1-5-3-6(2)8-7(4-5)16-10(17-8)11(14,15)9(12)13/h5-6,9H,3-4H2,1-2H3,(H,16,17). The highest BCUT2D eigenvalue weighted by molar-refractivity contribution is 5.24. The van der Waals surface area contributed by atoms with Crippen molar-refractivity contribution in [3.8, 4) is 0 Å². The molecule has 0 aliphatic heterocycles. The molecule has 0 radical (unpaired) electrons. The maximum atomic E-state index is 13.1. The summed E-state index contributed by atoms with van der Waals surface area (Å²) in [4.78, 5) is 6.05. The molecule has 1 aliphatic carbocycles. The highest BCUT2D eigenvalue weighted by atomic mass is 19.3. The SMILES string of the molecule is CC1Cc2[nH]c(C(F)(F)C(F)F)nc2C(C)C1. The molecule has 0 aromatic carbocycles. The van der Waals surface area contributed by atoms with Gasteiger partial charge in [0.25, 0.3) is 0 Å². The van der Waals surface area contributed by atoms with Crippen LogP contribution in [0, 0.1) is 5.92 Å². The Morgan fingerprint density at radius 2 is 2.00 bits per heavy atom. The van der Waals surface area contributed by atoms with Crippen molar-refractivity contribution in [3.63, 3.8) is 0 Å². The number of rotatable bonds is 2. The molecule has 1 aromatic rings. The van der Waals surface area contributed by atoms with Crippen LogP contribution in [0.2, 0.25) is 0 Å². The van der Waals surface area contributed by atoms with Gasteiger partial charge in [0.15, 0.2) is 5.82 Å². The third-order valence-electron chi connectivity index (χ3n) is 3.18. The van der Waals surface area contributed by atoms with Crippen molar-refractivity contribution in [1.29, 1.82) is 0 Å². The van der Waals surface area contributed by atoms with E-state index in [0.29, 0.717) is 23.7 Å². The zero-order valence-corrected chi connectivity index (χ0v) is 9.61. The lowest BCUT2D eigenvalue weighted by atomic mass is 9.84. The van der Waals surface area contributed by atoms with Gasteiger partial charge in [0.05, 0.1) is 5.69 Å². The Morgan fingerprint density at radius 1 is 1.35 bits per heavy atom. The molecule has 0 amide bonds. The molecule has 0 bridgehead atoms. The molecule has 2 rings (SSSR count). The fourth-order valence-electron chi connectivity index (χ4n) is 2.39. The second-order valence-electron chi connectivity index (χ2n) is 4.82. The van der Waals surface area contributed by atoms with E-state index in [1.807, 2.05) is 13.8 Å². The van der Waals surface area contributed by atoms with Gasteiger partial charge in [0, 0.05) is 11.6 Å². The second-order valence-corrected chi connectivity index (χ2v) is 4.82. The topological polar surface area (TPSA) is 28.7 Å². The first kappa shape index (κ1) is 12.4. The summed E-state index contributed by atoms with van der Waals surface area (Å²) in [5, 5.41) is 0. The number of alkyl halides is 4. The Labute approximate surface area is 96.4 Å². The molecule has 1 N–H and O–H groups in total. The second kappa shape index (κ2) is 3.99. The van der Waals surface area contributed by atoms with E-state index in [-0.39, 0.29) is 5.92 Å². The number of H-pyrrole nitrogens is 1. The first-order valence-electron chi connectivity index (χ1n) is 5.57. The Morgan fingerprint density at radius 3 is 2.59 bits per heavy atom. The highest BCUT2D eigenvalue weighted by Gasteiger charge is 2.46. The lowest BCUT2D eigenvalue weighted by molar-refractivity contribution is -0.140. The summed E-state index contributed by atoms with van der Waals surface area (Å²) in [6.45, 7) is 3.88. The van der Waals surface area contributed by atoms with Gasteiger partial charge in [-0.15, -0.1) is 0 Å². The highest BCUT2D eigenvalue weighted by Crippen LogP contribution is 2.38. The van der Waals surface area contributed by atoms with Gasteiger partial charge in [0.1, 0.15) is 0 Å². The molecule has 1 aliphatic rings. The van der Waals surface area contributed by atoms with Crippen LogP contribution in [0.25, 0.3) is 0 Å². The summed E-state index contributed by atoms with van der Waals surface area (Å²) in [5.41, 5.74) is 1.09. The number of imidazole rings is 1. The number of aromatic nitrogens is 2. The maximum absolute atomic E-state index is 13.1. The van der Waals surface area contributed by atoms with Crippen molar-refractivity contribution in [1.82, 2.24) is 9.97 Å². The molecule has 1 heterocycles. The molecule has 0 spiro atoms. The number of hydrogen-bond acceptors (Lipinski definition) is 1. The van der Waals surface area contributed by atoms with Gasteiger partial charge in [-0.25, -0.2) is 13.8 Å². The molecule has 1 aromatic heterocycles. The quantitative estimate of drug-likeness (QED) is 0.800. The van der Waals surface area contributed by atoms with Crippen LogP contribution in [0.5, 0.6) is 0 Å². The average molecular weight is 250 g/mol. The minimum absolute atomic E-state index is 0.0345. The number of fused-ring (bicyclic) bond motifs is 1. The summed E-state index contributed by atoms with van der Waals surface area (Å²) in [5.74, 6) is -4.71. The monoisotopic (exact) mass is 250 g/mol. The molecule has 6 heteroatoms. The van der Waals surface area contributed by atoms with Crippen LogP contribution in [-0.2, 0) is 12.3 Å². The van der Waals surface area contributed by atoms with Gasteiger partial charge >= 0.3 is 12.3 Å². The van der Waals surface area contributed by atoms with Crippen LogP contribution in [0.3, 0.4) is 0 Å². The fraction of sp³-hybridized carbons (Fsp3) is 0.727. The zero-order chi connectivity index (χ0) is 12.8. The van der Waals surface area contributed by atoms with E-state index in [2.05, 4.69) is 9.97 Å². The molecule has 0 saturated carbocycles. The number of nitrogens with one attached hydrogen (secondary N) is 1. The predicted molar refractivity (Wildman–Crippen MR) is 54.4 cm³/mol. The number of halogens is 4. The van der Waals surface area contributed by atoms with E-state index >= 15 is 0 Å². The summed E-state index contributed by atoms with van der Waals surface area (Å²) in [6, 6.07) is 0. The van der Waals surface area contributed by atoms with E-state index in [0.717, 1.165) is 6.42 Å². The molecular formula is C11H14F4N2. The van der Waals surface area contributed by atoms with E-state index in [9.17, 15) is 17.6 Å². The lowest BCUT2D eigenvalue weighted by Gasteiger charge is -2.22. The Hall–Kier alpha value is -1.07. The number of hydrogen-bond donors (Lipinski definition) is 1. The summed E-state index contributed by atoms with van der Waals surface area (Å²) >= 11 is 0. The van der Waals surface area contributed by atoms with Crippen molar-refractivity contribution >= 4 is 0 Å². The van der Waals surface area contributed by atoms with Gasteiger partial charge in [-0.05, 0) is 18.8 Å². The Kier molecular flexibility index (Phi) is 2.91. The molecule has 2 atom stereocenters. The predicted octanol–water partition coefficient (Wildman–Crippen LogP) is 3.45. The van der Waals surface area contributed by atoms with Crippen LogP contribution < -0.4 is 0 Å². The molecular weight excluding hydrogens is 236 g/mol. The van der Waals surface area contributed by atoms with Crippen molar-refractivity contribution in [2.45, 2.75) is 45.0 Å². The molecule has 2 unspecified atom stereocenters. The molecule has 0 fully saturated rings. The number of nitrogens with zero attached hydrogens (tertiary/aromatic N) is 1. The van der Waals surface area contributed by atoms with Gasteiger partial charge < -0.3 is 4.98 Å². The van der Waals surface area contributed by atoms with Gasteiger partial charge in [0.2, 0.25) is 0 Å². The first-order valence-corrected chi connectivity index (χ1v) is 5.57. The van der Waals surface area contributed by atoms with Crippen LogP contribution in [0.4, 0.5) is 17.6 Å². The van der Waals surface area contributed by atoms with Gasteiger partial charge in [-0.3, -0.25) is 0 Å². The Balaban J connectivity index is 2.38. The minimum Gasteiger partial charge on any atom is -0.340 e. The first-order chi connectivity index (χ1) is 7.82. The van der Waals surface area contributed by atoms with E-state index in [1.54, 1.807) is 0 Å². The fourth-order valence-corrected chi connectivity index (χ4v) is 2.39. The van der Waals surface area contributed by atoms with Gasteiger partial charge in [-0.1, -0.05) is 13.8 Å². The molecule has 17 heavy (non-hydrogen) atoms. The van der Waals surface area contributed by atoms with Crippen molar-refractivity contribution in [3.05, 3.63) is 17.2 Å². The van der Waals surface area contributed by atoms with Crippen molar-refractivity contribution in [2.75, 3.05) is 0 Å². The zero-order valence-electron chi connectivity index (χ0n) is 9.61. The maximum Gasteiger partial charge on any atom is 0.363 e. The Bertz CT molecular complexity index is 414. The molecule has 2 nitrogen and oxygen atoms in total. The van der Waals surface area contributed by atoms with E-state index in [1.165, 1.54) is 0 Å². The summed E-state index contributed by atoms with van der Waals surface area (Å²) in [6.07, 6.45) is -2.30. The average Bonchev–Trinajstić information content (AvgIpc) is 2.61. The molecule has 0 saturated heterocycles. The largest absolute Gasteiger partial charge is 0.363 e. The lowest BCUT2D eigenvalue weighted by Crippen LogP contribution is -2.25. The van der Waals surface area contributed by atoms with Crippen molar-refractivity contribution in [2.24, 2.45) is 5.92 Å². The van der Waals surface area contributed by atoms with Crippen LogP contribution >= 0.6 is 0 Å². The van der Waals surface area contributed by atoms with E-state index in [4.69, 9.17) is 0 Å². The van der Waals surface area contributed by atoms with Crippen LogP contribution in [0.15, 0.2) is 0 Å². The van der Waals surface area contributed by atoms with Crippen LogP contribution in [0.1, 0.15) is 43.4 Å². The number of aromatic amines is 1.